The van der Waals surface area contributed by atoms with Crippen LogP contribution in [0.15, 0.2) is 23.1 Å². The third kappa shape index (κ3) is 3.43. The minimum atomic E-state index is -3.83. The highest BCUT2D eigenvalue weighted by molar-refractivity contribution is 7.89. The number of methoxy groups -OCH3 is 1. The van der Waals surface area contributed by atoms with Crippen LogP contribution in [0.25, 0.3) is 0 Å². The van der Waals surface area contributed by atoms with Gasteiger partial charge in [-0.1, -0.05) is 11.6 Å². The van der Waals surface area contributed by atoms with E-state index < -0.39 is 16.0 Å². The average Bonchev–Trinajstić information content (AvgIpc) is 2.54. The standard InChI is InChI=1S/C14H19ClN2O4S/c1-17(11-5-7-16-8-6-11)22(19,20)13-9-10(15)3-4-12(13)14(18)21-2/h3-4,9,11,16H,5-8H2,1-2H3. The van der Waals surface area contributed by atoms with Crippen LogP contribution < -0.4 is 5.32 Å². The summed E-state index contributed by atoms with van der Waals surface area (Å²) in [4.78, 5) is 11.7. The number of rotatable bonds is 4. The van der Waals surface area contributed by atoms with Gasteiger partial charge in [0.05, 0.1) is 17.6 Å². The zero-order chi connectivity index (χ0) is 16.3. The molecule has 1 aliphatic rings. The molecule has 0 amide bonds. The molecule has 1 aromatic rings. The molecule has 0 saturated carbocycles. The van der Waals surface area contributed by atoms with E-state index in [2.05, 4.69) is 10.1 Å². The van der Waals surface area contributed by atoms with Gasteiger partial charge in [-0.15, -0.1) is 0 Å². The molecule has 8 heteroatoms. The van der Waals surface area contributed by atoms with Gasteiger partial charge < -0.3 is 10.1 Å². The van der Waals surface area contributed by atoms with E-state index in [-0.39, 0.29) is 21.5 Å². The van der Waals surface area contributed by atoms with Crippen molar-refractivity contribution in [2.75, 3.05) is 27.2 Å². The van der Waals surface area contributed by atoms with Gasteiger partial charge in [0.1, 0.15) is 0 Å². The van der Waals surface area contributed by atoms with Crippen molar-refractivity contribution in [3.05, 3.63) is 28.8 Å². The van der Waals surface area contributed by atoms with Crippen molar-refractivity contribution in [2.45, 2.75) is 23.8 Å². The molecule has 0 bridgehead atoms. The summed E-state index contributed by atoms with van der Waals surface area (Å²) in [5.41, 5.74) is -0.00677. The lowest BCUT2D eigenvalue weighted by molar-refractivity contribution is 0.0596. The molecule has 1 aromatic carbocycles. The summed E-state index contributed by atoms with van der Waals surface area (Å²) in [5, 5.41) is 3.45. The van der Waals surface area contributed by atoms with Crippen LogP contribution in [0.3, 0.4) is 0 Å². The van der Waals surface area contributed by atoms with Crippen molar-refractivity contribution < 1.29 is 17.9 Å². The first kappa shape index (κ1) is 17.2. The zero-order valence-electron chi connectivity index (χ0n) is 12.5. The highest BCUT2D eigenvalue weighted by Crippen LogP contribution is 2.27. The van der Waals surface area contributed by atoms with Gasteiger partial charge in [0, 0.05) is 18.1 Å². The highest BCUT2D eigenvalue weighted by Gasteiger charge is 2.32. The number of hydrogen-bond donors (Lipinski definition) is 1. The van der Waals surface area contributed by atoms with E-state index in [9.17, 15) is 13.2 Å². The van der Waals surface area contributed by atoms with Gasteiger partial charge in [-0.2, -0.15) is 4.31 Å². The van der Waals surface area contributed by atoms with Crippen LogP contribution in [0.1, 0.15) is 23.2 Å². The Morgan fingerprint density at radius 3 is 2.59 bits per heavy atom. The number of carbonyl (C=O) groups excluding carboxylic acids is 1. The fourth-order valence-electron chi connectivity index (χ4n) is 2.51. The summed E-state index contributed by atoms with van der Waals surface area (Å²) in [5.74, 6) is -0.700. The Labute approximate surface area is 135 Å². The van der Waals surface area contributed by atoms with Crippen LogP contribution >= 0.6 is 11.6 Å². The van der Waals surface area contributed by atoms with E-state index in [0.29, 0.717) is 0 Å². The maximum Gasteiger partial charge on any atom is 0.339 e. The molecule has 0 atom stereocenters. The van der Waals surface area contributed by atoms with Gasteiger partial charge in [-0.25, -0.2) is 13.2 Å². The Morgan fingerprint density at radius 1 is 1.36 bits per heavy atom. The Bertz CT molecular complexity index is 657. The van der Waals surface area contributed by atoms with E-state index in [1.807, 2.05) is 0 Å². The van der Waals surface area contributed by atoms with Crippen molar-refractivity contribution in [1.29, 1.82) is 0 Å². The van der Waals surface area contributed by atoms with Crippen LogP contribution in [-0.2, 0) is 14.8 Å². The molecule has 1 aliphatic heterocycles. The summed E-state index contributed by atoms with van der Waals surface area (Å²) in [6.45, 7) is 1.54. The van der Waals surface area contributed by atoms with E-state index in [1.165, 1.54) is 36.7 Å². The average molecular weight is 347 g/mol. The molecule has 2 rings (SSSR count). The maximum absolute atomic E-state index is 12.9. The van der Waals surface area contributed by atoms with Gasteiger partial charge in [-0.3, -0.25) is 0 Å². The second kappa shape index (κ2) is 6.95. The maximum atomic E-state index is 12.9. The molecule has 1 fully saturated rings. The molecule has 0 spiro atoms. The predicted molar refractivity (Wildman–Crippen MR) is 83.6 cm³/mol. The Kier molecular flexibility index (Phi) is 5.44. The normalized spacial score (nSPS) is 16.7. The second-order valence-corrected chi connectivity index (χ2v) is 7.54. The molecular formula is C14H19ClN2O4S. The molecular weight excluding hydrogens is 328 g/mol. The van der Waals surface area contributed by atoms with Crippen molar-refractivity contribution in [1.82, 2.24) is 9.62 Å². The van der Waals surface area contributed by atoms with Crippen molar-refractivity contribution in [2.24, 2.45) is 0 Å². The zero-order valence-corrected chi connectivity index (χ0v) is 14.1. The number of nitrogens with one attached hydrogen (secondary N) is 1. The first-order valence-electron chi connectivity index (χ1n) is 6.94. The fraction of sp³-hybridized carbons (Fsp3) is 0.500. The van der Waals surface area contributed by atoms with Gasteiger partial charge >= 0.3 is 5.97 Å². The third-order valence-electron chi connectivity index (χ3n) is 3.83. The number of benzene rings is 1. The Morgan fingerprint density at radius 2 is 2.00 bits per heavy atom. The van der Waals surface area contributed by atoms with Crippen molar-refractivity contribution in [3.63, 3.8) is 0 Å². The number of halogens is 1. The monoisotopic (exact) mass is 346 g/mol. The number of ether oxygens (including phenoxy) is 1. The topological polar surface area (TPSA) is 75.7 Å². The van der Waals surface area contributed by atoms with Crippen LogP contribution in [0.5, 0.6) is 0 Å². The molecule has 0 aromatic heterocycles. The molecule has 122 valence electrons. The summed E-state index contributed by atoms with van der Waals surface area (Å²) in [6.07, 6.45) is 1.45. The number of piperidine rings is 1. The number of sulfonamides is 1. The molecule has 6 nitrogen and oxygen atoms in total. The molecule has 1 heterocycles. The van der Waals surface area contributed by atoms with Crippen molar-refractivity contribution in [3.8, 4) is 0 Å². The van der Waals surface area contributed by atoms with E-state index in [1.54, 1.807) is 0 Å². The van der Waals surface area contributed by atoms with Crippen LogP contribution in [-0.4, -0.2) is 52.0 Å². The number of carbonyl (C=O) groups is 1. The summed E-state index contributed by atoms with van der Waals surface area (Å²) in [6, 6.07) is 4.03. The molecule has 0 unspecified atom stereocenters. The lowest BCUT2D eigenvalue weighted by atomic mass is 10.1. The van der Waals surface area contributed by atoms with E-state index >= 15 is 0 Å². The van der Waals surface area contributed by atoms with Crippen LogP contribution in [0.4, 0.5) is 0 Å². The number of esters is 1. The van der Waals surface area contributed by atoms with E-state index in [4.69, 9.17) is 11.6 Å². The minimum Gasteiger partial charge on any atom is -0.465 e. The van der Waals surface area contributed by atoms with Gasteiger partial charge in [0.2, 0.25) is 10.0 Å². The predicted octanol–water partition coefficient (Wildman–Crippen LogP) is 1.50. The summed E-state index contributed by atoms with van der Waals surface area (Å²) < 4.78 is 31.7. The molecule has 0 aliphatic carbocycles. The molecule has 22 heavy (non-hydrogen) atoms. The first-order valence-corrected chi connectivity index (χ1v) is 8.76. The number of nitrogens with zero attached hydrogens (tertiary/aromatic N) is 1. The van der Waals surface area contributed by atoms with E-state index in [0.717, 1.165) is 25.9 Å². The smallest absolute Gasteiger partial charge is 0.339 e. The Balaban J connectivity index is 2.43. The van der Waals surface area contributed by atoms with Gasteiger partial charge in [-0.05, 0) is 44.1 Å². The third-order valence-corrected chi connectivity index (χ3v) is 6.01. The quantitative estimate of drug-likeness (QED) is 0.836. The first-order chi connectivity index (χ1) is 10.4. The second-order valence-electron chi connectivity index (χ2n) is 5.13. The fourth-order valence-corrected chi connectivity index (χ4v) is 4.37. The molecule has 1 N–H and O–H groups in total. The summed E-state index contributed by atoms with van der Waals surface area (Å²) in [7, 11) is -1.08. The van der Waals surface area contributed by atoms with Crippen LogP contribution in [0.2, 0.25) is 5.02 Å². The highest BCUT2D eigenvalue weighted by atomic mass is 35.5. The number of hydrogen-bond acceptors (Lipinski definition) is 5. The summed E-state index contributed by atoms with van der Waals surface area (Å²) >= 11 is 5.92. The van der Waals surface area contributed by atoms with Gasteiger partial charge in [0.15, 0.2) is 0 Å². The lowest BCUT2D eigenvalue weighted by Crippen LogP contribution is -2.44. The van der Waals surface area contributed by atoms with Crippen molar-refractivity contribution >= 4 is 27.6 Å². The Hall–Kier alpha value is -1.15. The van der Waals surface area contributed by atoms with Gasteiger partial charge in [0.25, 0.3) is 0 Å². The minimum absolute atomic E-state index is 0.00677. The SMILES string of the molecule is COC(=O)c1ccc(Cl)cc1S(=O)(=O)N(C)C1CCNCC1. The van der Waals surface area contributed by atoms with Crippen LogP contribution in [0, 0.1) is 0 Å². The molecule has 0 radical (unpaired) electrons. The largest absolute Gasteiger partial charge is 0.465 e. The molecule has 1 saturated heterocycles. The lowest BCUT2D eigenvalue weighted by Gasteiger charge is -2.31.